The van der Waals surface area contributed by atoms with Crippen molar-refractivity contribution in [3.05, 3.63) is 35.9 Å². The molecule has 3 rings (SSSR count). The van der Waals surface area contributed by atoms with Crippen LogP contribution in [-0.2, 0) is 33.4 Å². The Bertz CT molecular complexity index is 1350. The van der Waals surface area contributed by atoms with Crippen molar-refractivity contribution in [2.45, 2.75) is 122 Å². The molecule has 2 unspecified atom stereocenters. The number of carbonyl (C=O) groups excluding carboxylic acids is 6. The van der Waals surface area contributed by atoms with Crippen molar-refractivity contribution in [2.75, 3.05) is 13.2 Å². The first-order valence-corrected chi connectivity index (χ1v) is 17.4. The Labute approximate surface area is 290 Å². The first-order chi connectivity index (χ1) is 22.9. The molecule has 2 fully saturated rings. The van der Waals surface area contributed by atoms with Gasteiger partial charge in [-0.3, -0.25) is 19.2 Å². The van der Waals surface area contributed by atoms with E-state index in [-0.39, 0.29) is 30.8 Å². The van der Waals surface area contributed by atoms with Crippen molar-refractivity contribution in [2.24, 2.45) is 5.92 Å². The Kier molecular flexibility index (Phi) is 13.8. The molecule has 1 aromatic rings. The number of carbonyl (C=O) groups is 6. The van der Waals surface area contributed by atoms with Crippen LogP contribution < -0.4 is 21.3 Å². The minimum Gasteiger partial charge on any atom is -0.464 e. The highest BCUT2D eigenvalue weighted by molar-refractivity contribution is 7.17. The summed E-state index contributed by atoms with van der Waals surface area (Å²) in [5.41, 5.74) is -0.663. The van der Waals surface area contributed by atoms with Crippen LogP contribution in [0.15, 0.2) is 30.3 Å². The molecule has 0 spiro atoms. The molecule has 2 aliphatic rings. The fraction of sp³-hybridized carbons (Fsp3) is 0.647. The zero-order chi connectivity index (χ0) is 36.5. The molecule has 7 atom stereocenters. The van der Waals surface area contributed by atoms with E-state index in [2.05, 4.69) is 30.5 Å². The standard InChI is InChI=1S/C34H52N5O9P/c1-8-23(36-32(45)48-34(5,6)7)27(41)37-26-21(19-46-25(40)18-35-31(44)47-33(2,3)4)14-15-22-16-17-24(39(22)30(26)43)28(42)38-29(49)20-12-10-9-11-13-20/h9-13,21-24,26,29H,8,14-19,49H2,1-7H3,(H,35,44)(H,36,45)(H,37,41)(H,38,42)/t21-,22+,23+,24+,26+,29?/m1/s1. The van der Waals surface area contributed by atoms with Gasteiger partial charge in [0.2, 0.25) is 17.7 Å². The molecule has 4 N–H and O–H groups in total. The molecule has 2 saturated heterocycles. The summed E-state index contributed by atoms with van der Waals surface area (Å²) < 4.78 is 15.9. The second-order valence-corrected chi connectivity index (χ2v) is 15.0. The lowest BCUT2D eigenvalue weighted by Crippen LogP contribution is -2.59. The minimum atomic E-state index is -1.17. The lowest BCUT2D eigenvalue weighted by Gasteiger charge is -2.33. The number of hydrogen-bond donors (Lipinski definition) is 4. The van der Waals surface area contributed by atoms with Crippen LogP contribution >= 0.6 is 9.24 Å². The fourth-order valence-corrected chi connectivity index (χ4v) is 6.20. The van der Waals surface area contributed by atoms with E-state index < -0.39 is 71.8 Å². The molecule has 272 valence electrons. The van der Waals surface area contributed by atoms with E-state index in [4.69, 9.17) is 14.2 Å². The van der Waals surface area contributed by atoms with Crippen molar-refractivity contribution in [1.29, 1.82) is 0 Å². The van der Waals surface area contributed by atoms with Crippen LogP contribution in [0.4, 0.5) is 9.59 Å². The molecule has 2 heterocycles. The largest absolute Gasteiger partial charge is 0.464 e. The van der Waals surface area contributed by atoms with E-state index in [1.165, 1.54) is 0 Å². The van der Waals surface area contributed by atoms with Crippen LogP contribution in [0.3, 0.4) is 0 Å². The van der Waals surface area contributed by atoms with Crippen molar-refractivity contribution in [3.8, 4) is 0 Å². The van der Waals surface area contributed by atoms with Crippen LogP contribution in [0, 0.1) is 5.92 Å². The van der Waals surface area contributed by atoms with Gasteiger partial charge in [0.1, 0.15) is 35.9 Å². The van der Waals surface area contributed by atoms with Gasteiger partial charge in [0.05, 0.1) is 12.4 Å². The smallest absolute Gasteiger partial charge is 0.408 e. The monoisotopic (exact) mass is 705 g/mol. The highest BCUT2D eigenvalue weighted by Crippen LogP contribution is 2.35. The molecule has 14 nitrogen and oxygen atoms in total. The summed E-state index contributed by atoms with van der Waals surface area (Å²) in [5.74, 6) is -3.21. The van der Waals surface area contributed by atoms with Crippen molar-refractivity contribution >= 4 is 45.1 Å². The molecular weight excluding hydrogens is 653 g/mol. The molecule has 5 amide bonds. The maximum absolute atomic E-state index is 14.4. The Morgan fingerprint density at radius 3 is 2.12 bits per heavy atom. The van der Waals surface area contributed by atoms with E-state index in [1.54, 1.807) is 53.4 Å². The van der Waals surface area contributed by atoms with Crippen LogP contribution in [0.1, 0.15) is 91.9 Å². The Hall–Kier alpha value is -3.93. The second kappa shape index (κ2) is 17.1. The molecule has 2 aliphatic heterocycles. The first-order valence-electron chi connectivity index (χ1n) is 16.7. The summed E-state index contributed by atoms with van der Waals surface area (Å²) in [6.45, 7) is 11.2. The number of amides is 5. The number of rotatable bonds is 11. The molecule has 49 heavy (non-hydrogen) atoms. The number of hydrogen-bond acceptors (Lipinski definition) is 9. The Balaban J connectivity index is 1.79. The van der Waals surface area contributed by atoms with Crippen LogP contribution in [0.2, 0.25) is 0 Å². The maximum Gasteiger partial charge on any atom is 0.408 e. The summed E-state index contributed by atoms with van der Waals surface area (Å²) >= 11 is 0. The van der Waals surface area contributed by atoms with E-state index in [0.717, 1.165) is 5.56 Å². The lowest BCUT2D eigenvalue weighted by molar-refractivity contribution is -0.148. The minimum absolute atomic E-state index is 0.203. The zero-order valence-electron chi connectivity index (χ0n) is 29.5. The quantitative estimate of drug-likeness (QED) is 0.153. The normalized spacial score (nSPS) is 22.0. The van der Waals surface area contributed by atoms with Crippen LogP contribution in [0.5, 0.6) is 0 Å². The molecular formula is C34H52N5O9P. The predicted molar refractivity (Wildman–Crippen MR) is 184 cm³/mol. The van der Waals surface area contributed by atoms with Crippen LogP contribution in [0.25, 0.3) is 0 Å². The van der Waals surface area contributed by atoms with Gasteiger partial charge in [-0.05, 0) is 79.2 Å². The average Bonchev–Trinajstić information content (AvgIpc) is 3.39. The van der Waals surface area contributed by atoms with Gasteiger partial charge in [-0.2, -0.15) is 0 Å². The third kappa shape index (κ3) is 12.2. The second-order valence-electron chi connectivity index (χ2n) is 14.4. The molecule has 1 aromatic carbocycles. The highest BCUT2D eigenvalue weighted by atomic mass is 31.0. The topological polar surface area (TPSA) is 181 Å². The van der Waals surface area contributed by atoms with E-state index in [1.807, 2.05) is 30.3 Å². The van der Waals surface area contributed by atoms with Crippen molar-refractivity contribution in [3.63, 3.8) is 0 Å². The first kappa shape index (κ1) is 39.5. The van der Waals surface area contributed by atoms with Gasteiger partial charge < -0.3 is 40.4 Å². The molecule has 0 bridgehead atoms. The average molecular weight is 706 g/mol. The molecule has 15 heteroatoms. The predicted octanol–water partition coefficient (Wildman–Crippen LogP) is 3.30. The van der Waals surface area contributed by atoms with Gasteiger partial charge >= 0.3 is 18.2 Å². The zero-order valence-corrected chi connectivity index (χ0v) is 30.7. The Morgan fingerprint density at radius 2 is 1.51 bits per heavy atom. The number of fused-ring (bicyclic) bond motifs is 1. The summed E-state index contributed by atoms with van der Waals surface area (Å²) in [4.78, 5) is 80.2. The lowest BCUT2D eigenvalue weighted by atomic mass is 9.93. The fourth-order valence-electron chi connectivity index (χ4n) is 5.81. The summed E-state index contributed by atoms with van der Waals surface area (Å²) in [6, 6.07) is 6.17. The summed E-state index contributed by atoms with van der Waals surface area (Å²) in [7, 11) is 2.60. The SMILES string of the molecule is CC[C@H](NC(=O)OC(C)(C)C)C(=O)N[C@@H]1C(=O)N2[C@@H](CC[C@@H]1COC(=O)CNC(=O)OC(C)(C)C)CC[C@H]2C(=O)NC(P)c1ccccc1. The van der Waals surface area contributed by atoms with Gasteiger partial charge in [-0.25, -0.2) is 9.59 Å². The molecule has 0 aliphatic carbocycles. The van der Waals surface area contributed by atoms with Crippen molar-refractivity contribution < 1.29 is 43.0 Å². The number of alkyl carbamates (subject to hydrolysis) is 2. The molecule has 0 saturated carbocycles. The van der Waals surface area contributed by atoms with E-state index in [0.29, 0.717) is 25.7 Å². The van der Waals surface area contributed by atoms with Gasteiger partial charge in [0, 0.05) is 12.0 Å². The number of nitrogens with one attached hydrogen (secondary N) is 4. The third-order valence-electron chi connectivity index (χ3n) is 8.07. The number of nitrogens with zero attached hydrogens (tertiary/aromatic N) is 1. The van der Waals surface area contributed by atoms with Crippen LogP contribution in [-0.4, -0.2) is 89.3 Å². The van der Waals surface area contributed by atoms with Gasteiger partial charge in [0.15, 0.2) is 0 Å². The molecule has 0 aromatic heterocycles. The maximum atomic E-state index is 14.4. The van der Waals surface area contributed by atoms with Gasteiger partial charge in [0.25, 0.3) is 0 Å². The summed E-state index contributed by atoms with van der Waals surface area (Å²) in [5, 5.41) is 10.7. The number of esters is 1. The van der Waals surface area contributed by atoms with E-state index >= 15 is 0 Å². The number of ether oxygens (including phenoxy) is 3. The highest BCUT2D eigenvalue weighted by Gasteiger charge is 2.48. The van der Waals surface area contributed by atoms with Crippen molar-refractivity contribution in [1.82, 2.24) is 26.2 Å². The number of benzene rings is 1. The third-order valence-corrected chi connectivity index (χ3v) is 8.62. The summed E-state index contributed by atoms with van der Waals surface area (Å²) in [6.07, 6.45) is 0.569. The van der Waals surface area contributed by atoms with E-state index in [9.17, 15) is 28.8 Å². The van der Waals surface area contributed by atoms with Gasteiger partial charge in [-0.15, -0.1) is 9.24 Å². The Morgan fingerprint density at radius 1 is 0.898 bits per heavy atom. The van der Waals surface area contributed by atoms with Gasteiger partial charge in [-0.1, -0.05) is 37.3 Å². The molecule has 0 radical (unpaired) electrons.